The summed E-state index contributed by atoms with van der Waals surface area (Å²) >= 11 is 9.59. The lowest BCUT2D eigenvalue weighted by atomic mass is 10.0. The van der Waals surface area contributed by atoms with Crippen molar-refractivity contribution in [2.45, 2.75) is 18.6 Å². The molecule has 3 N–H and O–H groups in total. The smallest absolute Gasteiger partial charge is 0.0978 e. The van der Waals surface area contributed by atoms with Crippen molar-refractivity contribution < 1.29 is 9.47 Å². The number of nitrogens with one attached hydrogen (secondary N) is 1. The topological polar surface area (TPSA) is 56.5 Å². The number of halogens is 2. The van der Waals surface area contributed by atoms with Crippen LogP contribution in [0.15, 0.2) is 22.7 Å². The van der Waals surface area contributed by atoms with Crippen LogP contribution in [0.5, 0.6) is 0 Å². The molecule has 1 aliphatic heterocycles. The van der Waals surface area contributed by atoms with Crippen molar-refractivity contribution >= 4 is 27.5 Å². The standard InChI is InChI=1S/C12H16BrClN2O2/c13-9-2-1-8(10(14)6-9)5-11(16-15)12-7-17-3-4-18-12/h1-2,6,11-12,16H,3-5,7,15H2. The van der Waals surface area contributed by atoms with E-state index < -0.39 is 0 Å². The molecule has 100 valence electrons. The van der Waals surface area contributed by atoms with Gasteiger partial charge >= 0.3 is 0 Å². The Labute approximate surface area is 120 Å². The molecule has 0 bridgehead atoms. The zero-order chi connectivity index (χ0) is 13.0. The molecule has 6 heteroatoms. The number of hydrogen-bond donors (Lipinski definition) is 2. The van der Waals surface area contributed by atoms with Gasteiger partial charge in [0, 0.05) is 9.50 Å². The molecule has 4 nitrogen and oxygen atoms in total. The lowest BCUT2D eigenvalue weighted by Gasteiger charge is -2.30. The molecule has 0 radical (unpaired) electrons. The minimum absolute atomic E-state index is 0.0102. The maximum Gasteiger partial charge on any atom is 0.0978 e. The molecular formula is C12H16BrClN2O2. The molecule has 1 aromatic carbocycles. The molecule has 0 aliphatic carbocycles. The summed E-state index contributed by atoms with van der Waals surface area (Å²) < 4.78 is 12.0. The van der Waals surface area contributed by atoms with Crippen molar-refractivity contribution in [2.24, 2.45) is 5.84 Å². The van der Waals surface area contributed by atoms with Crippen molar-refractivity contribution in [1.82, 2.24) is 5.43 Å². The second-order valence-electron chi connectivity index (χ2n) is 4.20. The predicted octanol–water partition coefficient (Wildman–Crippen LogP) is 1.89. The van der Waals surface area contributed by atoms with Gasteiger partial charge < -0.3 is 9.47 Å². The minimum atomic E-state index is -0.0385. The monoisotopic (exact) mass is 334 g/mol. The Morgan fingerprint density at radius 2 is 2.33 bits per heavy atom. The van der Waals surface area contributed by atoms with Crippen LogP contribution < -0.4 is 11.3 Å². The van der Waals surface area contributed by atoms with E-state index in [1.807, 2.05) is 18.2 Å². The number of rotatable bonds is 4. The van der Waals surface area contributed by atoms with E-state index in [0.29, 0.717) is 26.2 Å². The predicted molar refractivity (Wildman–Crippen MR) is 74.5 cm³/mol. The molecule has 0 saturated carbocycles. The molecule has 2 atom stereocenters. The normalized spacial score (nSPS) is 21.8. The lowest BCUT2D eigenvalue weighted by molar-refractivity contribution is -0.101. The molecule has 18 heavy (non-hydrogen) atoms. The Kier molecular flexibility index (Phi) is 5.41. The first kappa shape index (κ1) is 14.2. The summed E-state index contributed by atoms with van der Waals surface area (Å²) in [6.07, 6.45) is 0.667. The zero-order valence-electron chi connectivity index (χ0n) is 9.86. The molecule has 1 aromatic rings. The van der Waals surface area contributed by atoms with Gasteiger partial charge in [0.15, 0.2) is 0 Å². The third kappa shape index (κ3) is 3.66. The average Bonchev–Trinajstić information content (AvgIpc) is 2.39. The molecule has 2 unspecified atom stereocenters. The van der Waals surface area contributed by atoms with Crippen molar-refractivity contribution in [2.75, 3.05) is 19.8 Å². The molecular weight excluding hydrogens is 320 g/mol. The van der Waals surface area contributed by atoms with E-state index in [9.17, 15) is 0 Å². The van der Waals surface area contributed by atoms with Gasteiger partial charge in [-0.3, -0.25) is 11.3 Å². The molecule has 0 aromatic heterocycles. The molecule has 1 fully saturated rings. The average molecular weight is 336 g/mol. The van der Waals surface area contributed by atoms with Gasteiger partial charge in [0.25, 0.3) is 0 Å². The Morgan fingerprint density at radius 3 is 2.94 bits per heavy atom. The van der Waals surface area contributed by atoms with Crippen LogP contribution in [0.25, 0.3) is 0 Å². The summed E-state index contributed by atoms with van der Waals surface area (Å²) in [7, 11) is 0. The third-order valence-corrected chi connectivity index (χ3v) is 3.80. The van der Waals surface area contributed by atoms with Gasteiger partial charge in [-0.15, -0.1) is 0 Å². The fraction of sp³-hybridized carbons (Fsp3) is 0.500. The quantitative estimate of drug-likeness (QED) is 0.652. The van der Waals surface area contributed by atoms with Crippen LogP contribution in [0.1, 0.15) is 5.56 Å². The van der Waals surface area contributed by atoms with Gasteiger partial charge in [0.2, 0.25) is 0 Å². The van der Waals surface area contributed by atoms with E-state index in [-0.39, 0.29) is 12.1 Å². The summed E-state index contributed by atoms with van der Waals surface area (Å²) in [6.45, 7) is 1.81. The van der Waals surface area contributed by atoms with Crippen molar-refractivity contribution in [1.29, 1.82) is 0 Å². The Morgan fingerprint density at radius 1 is 1.50 bits per heavy atom. The molecule has 1 heterocycles. The number of nitrogens with two attached hydrogens (primary N) is 1. The first-order chi connectivity index (χ1) is 8.70. The molecule has 2 rings (SSSR count). The van der Waals surface area contributed by atoms with Crippen LogP contribution in [0.2, 0.25) is 5.02 Å². The van der Waals surface area contributed by atoms with Crippen molar-refractivity contribution in [3.63, 3.8) is 0 Å². The van der Waals surface area contributed by atoms with Gasteiger partial charge in [-0.05, 0) is 24.1 Å². The van der Waals surface area contributed by atoms with E-state index in [4.69, 9.17) is 26.9 Å². The highest BCUT2D eigenvalue weighted by atomic mass is 79.9. The van der Waals surface area contributed by atoms with E-state index in [2.05, 4.69) is 21.4 Å². The fourth-order valence-electron chi connectivity index (χ4n) is 1.96. The Balaban J connectivity index is 2.04. The van der Waals surface area contributed by atoms with Crippen molar-refractivity contribution in [3.05, 3.63) is 33.3 Å². The lowest BCUT2D eigenvalue weighted by Crippen LogP contribution is -2.50. The first-order valence-electron chi connectivity index (χ1n) is 5.80. The largest absolute Gasteiger partial charge is 0.376 e. The summed E-state index contributed by atoms with van der Waals surface area (Å²) in [5, 5.41) is 0.723. The van der Waals surface area contributed by atoms with E-state index in [0.717, 1.165) is 15.1 Å². The minimum Gasteiger partial charge on any atom is -0.376 e. The third-order valence-electron chi connectivity index (χ3n) is 2.96. The highest BCUT2D eigenvalue weighted by Crippen LogP contribution is 2.23. The number of hydrogen-bond acceptors (Lipinski definition) is 4. The van der Waals surface area contributed by atoms with Crippen LogP contribution in [0, 0.1) is 0 Å². The van der Waals surface area contributed by atoms with E-state index in [1.165, 1.54) is 0 Å². The first-order valence-corrected chi connectivity index (χ1v) is 6.97. The maximum atomic E-state index is 6.20. The van der Waals surface area contributed by atoms with Crippen molar-refractivity contribution in [3.8, 4) is 0 Å². The van der Waals surface area contributed by atoms with Crippen LogP contribution in [-0.4, -0.2) is 32.0 Å². The molecule has 1 aliphatic rings. The van der Waals surface area contributed by atoms with Gasteiger partial charge in [0.05, 0.1) is 32.0 Å². The molecule has 0 amide bonds. The summed E-state index contributed by atoms with van der Waals surface area (Å²) in [5.74, 6) is 5.59. The molecule has 1 saturated heterocycles. The summed E-state index contributed by atoms with van der Waals surface area (Å²) in [4.78, 5) is 0. The van der Waals surface area contributed by atoms with E-state index >= 15 is 0 Å². The maximum absolute atomic E-state index is 6.20. The highest BCUT2D eigenvalue weighted by Gasteiger charge is 2.25. The summed E-state index contributed by atoms with van der Waals surface area (Å²) in [5.41, 5.74) is 3.83. The Hall–Kier alpha value is -0.170. The second-order valence-corrected chi connectivity index (χ2v) is 5.52. The fourth-order valence-corrected chi connectivity index (χ4v) is 2.71. The Bertz CT molecular complexity index is 400. The molecule has 0 spiro atoms. The van der Waals surface area contributed by atoms with Crippen LogP contribution in [0.3, 0.4) is 0 Å². The van der Waals surface area contributed by atoms with Crippen LogP contribution in [-0.2, 0) is 15.9 Å². The van der Waals surface area contributed by atoms with Gasteiger partial charge in [-0.2, -0.15) is 0 Å². The van der Waals surface area contributed by atoms with Gasteiger partial charge in [-0.25, -0.2) is 0 Å². The van der Waals surface area contributed by atoms with E-state index in [1.54, 1.807) is 0 Å². The van der Waals surface area contributed by atoms with Crippen LogP contribution >= 0.6 is 27.5 Å². The van der Waals surface area contributed by atoms with Gasteiger partial charge in [-0.1, -0.05) is 33.6 Å². The summed E-state index contributed by atoms with van der Waals surface area (Å²) in [6, 6.07) is 5.82. The van der Waals surface area contributed by atoms with Crippen LogP contribution in [0.4, 0.5) is 0 Å². The number of benzene rings is 1. The SMILES string of the molecule is NNC(Cc1ccc(Br)cc1Cl)C1COCCO1. The number of ether oxygens (including phenoxy) is 2. The zero-order valence-corrected chi connectivity index (χ0v) is 12.2. The second kappa shape index (κ2) is 6.84. The number of hydrazine groups is 1. The highest BCUT2D eigenvalue weighted by molar-refractivity contribution is 9.10. The van der Waals surface area contributed by atoms with Gasteiger partial charge in [0.1, 0.15) is 0 Å².